The van der Waals surface area contributed by atoms with Crippen LogP contribution in [0.3, 0.4) is 0 Å². The van der Waals surface area contributed by atoms with Gasteiger partial charge in [-0.2, -0.15) is 0 Å². The van der Waals surface area contributed by atoms with E-state index in [0.717, 1.165) is 23.1 Å². The molecule has 0 heterocycles. The first kappa shape index (κ1) is 22.3. The Kier molecular flexibility index (Phi) is 7.06. The van der Waals surface area contributed by atoms with E-state index in [2.05, 4.69) is 55.5 Å². The molecular formula is C29H28ClNO. The molecule has 4 rings (SSSR count). The number of ether oxygens (including phenoxy) is 1. The smallest absolute Gasteiger partial charge is 0.145 e. The molecule has 0 aliphatic rings. The summed E-state index contributed by atoms with van der Waals surface area (Å²) in [4.78, 5) is 0. The second kappa shape index (κ2) is 10.1. The van der Waals surface area contributed by atoms with Crippen LogP contribution >= 0.6 is 11.6 Å². The molecule has 0 aromatic heterocycles. The van der Waals surface area contributed by atoms with E-state index in [9.17, 15) is 0 Å². The number of hydrogen-bond acceptors (Lipinski definition) is 2. The summed E-state index contributed by atoms with van der Waals surface area (Å²) in [6.07, 6.45) is 0.738. The molecule has 2 atom stereocenters. The van der Waals surface area contributed by atoms with Crippen LogP contribution in [0.1, 0.15) is 27.8 Å². The highest BCUT2D eigenvalue weighted by Gasteiger charge is 2.39. The highest BCUT2D eigenvalue weighted by molar-refractivity contribution is 6.31. The van der Waals surface area contributed by atoms with Crippen LogP contribution in [0.25, 0.3) is 0 Å². The summed E-state index contributed by atoms with van der Waals surface area (Å²) in [6, 6.07) is 36.7. The number of benzene rings is 4. The minimum absolute atomic E-state index is 0.159. The predicted octanol–water partition coefficient (Wildman–Crippen LogP) is 6.53. The fraction of sp³-hybridized carbons (Fsp3) is 0.172. The molecule has 0 aliphatic heterocycles. The maximum absolute atomic E-state index is 6.83. The lowest BCUT2D eigenvalue weighted by atomic mass is 9.79. The first-order valence-corrected chi connectivity index (χ1v) is 11.3. The molecular weight excluding hydrogens is 414 g/mol. The Labute approximate surface area is 195 Å². The molecule has 0 fully saturated rings. The van der Waals surface area contributed by atoms with E-state index in [4.69, 9.17) is 22.1 Å². The molecule has 0 radical (unpaired) electrons. The third kappa shape index (κ3) is 4.78. The van der Waals surface area contributed by atoms with Crippen LogP contribution in [0.4, 0.5) is 0 Å². The van der Waals surface area contributed by atoms with Gasteiger partial charge in [-0.15, -0.1) is 0 Å². The molecule has 4 aromatic carbocycles. The third-order valence-electron chi connectivity index (χ3n) is 5.75. The second-order valence-corrected chi connectivity index (χ2v) is 8.56. The molecule has 2 nitrogen and oxygen atoms in total. The van der Waals surface area contributed by atoms with Gasteiger partial charge in [-0.1, -0.05) is 120 Å². The fourth-order valence-electron chi connectivity index (χ4n) is 4.14. The molecule has 162 valence electrons. The molecule has 2 N–H and O–H groups in total. The van der Waals surface area contributed by atoms with Crippen molar-refractivity contribution in [1.82, 2.24) is 0 Å². The number of aryl methyl sites for hydroxylation is 1. The average molecular weight is 442 g/mol. The summed E-state index contributed by atoms with van der Waals surface area (Å²) in [5.41, 5.74) is 11.0. The van der Waals surface area contributed by atoms with Crippen molar-refractivity contribution in [2.45, 2.75) is 25.0 Å². The third-order valence-corrected chi connectivity index (χ3v) is 6.08. The van der Waals surface area contributed by atoms with Crippen molar-refractivity contribution in [1.29, 1.82) is 0 Å². The van der Waals surface area contributed by atoms with Gasteiger partial charge in [0.25, 0.3) is 0 Å². The van der Waals surface area contributed by atoms with Gasteiger partial charge in [-0.25, -0.2) is 0 Å². The maximum atomic E-state index is 6.83. The van der Waals surface area contributed by atoms with Gasteiger partial charge in [0.15, 0.2) is 0 Å². The van der Waals surface area contributed by atoms with Crippen LogP contribution in [0.2, 0.25) is 5.02 Å². The highest BCUT2D eigenvalue weighted by atomic mass is 35.5. The molecule has 0 spiro atoms. The fourth-order valence-corrected chi connectivity index (χ4v) is 4.41. The van der Waals surface area contributed by atoms with Crippen molar-refractivity contribution >= 4 is 11.6 Å². The Morgan fingerprint density at radius 2 is 1.31 bits per heavy atom. The molecule has 1 unspecified atom stereocenters. The monoisotopic (exact) mass is 441 g/mol. The van der Waals surface area contributed by atoms with Gasteiger partial charge in [-0.05, 0) is 36.1 Å². The molecule has 3 heteroatoms. The Hall–Kier alpha value is -2.91. The molecule has 0 saturated heterocycles. The van der Waals surface area contributed by atoms with Crippen LogP contribution in [0.15, 0.2) is 109 Å². The molecule has 0 amide bonds. The van der Waals surface area contributed by atoms with E-state index in [0.29, 0.717) is 11.6 Å². The standard InChI is InChI=1S/C29H28ClNO/c1-22-16-18-25(19-17-22)29(24-12-6-3-7-13-24,27-14-8-9-15-28(27)30)32-21-26(31)20-23-10-4-2-5-11-23/h2-19,26H,20-21,31H2,1H3/t26-,29?/m1/s1. The minimum Gasteiger partial charge on any atom is -0.359 e. The van der Waals surface area contributed by atoms with Crippen LogP contribution in [0.5, 0.6) is 0 Å². The van der Waals surface area contributed by atoms with Crippen LogP contribution < -0.4 is 5.73 Å². The Morgan fingerprint density at radius 1 is 0.750 bits per heavy atom. The maximum Gasteiger partial charge on any atom is 0.145 e. The quantitative estimate of drug-likeness (QED) is 0.315. The zero-order chi connectivity index (χ0) is 22.4. The summed E-state index contributed by atoms with van der Waals surface area (Å²) in [7, 11) is 0. The SMILES string of the molecule is Cc1ccc(C(OC[C@H](N)Cc2ccccc2)(c2ccccc2)c2ccccc2Cl)cc1. The lowest BCUT2D eigenvalue weighted by Crippen LogP contribution is -2.39. The van der Waals surface area contributed by atoms with E-state index in [-0.39, 0.29) is 6.04 Å². The predicted molar refractivity (Wildman–Crippen MR) is 133 cm³/mol. The van der Waals surface area contributed by atoms with Crippen molar-refractivity contribution in [2.24, 2.45) is 5.73 Å². The highest BCUT2D eigenvalue weighted by Crippen LogP contribution is 2.43. The zero-order valence-electron chi connectivity index (χ0n) is 18.2. The van der Waals surface area contributed by atoms with Crippen molar-refractivity contribution in [3.63, 3.8) is 0 Å². The van der Waals surface area contributed by atoms with Gasteiger partial charge >= 0.3 is 0 Å². The van der Waals surface area contributed by atoms with Crippen LogP contribution in [0, 0.1) is 6.92 Å². The van der Waals surface area contributed by atoms with Crippen molar-refractivity contribution in [3.8, 4) is 0 Å². The van der Waals surface area contributed by atoms with Gasteiger partial charge in [-0.3, -0.25) is 0 Å². The van der Waals surface area contributed by atoms with Crippen molar-refractivity contribution < 1.29 is 4.74 Å². The lowest BCUT2D eigenvalue weighted by molar-refractivity contribution is 0.00517. The summed E-state index contributed by atoms with van der Waals surface area (Å²) < 4.78 is 6.83. The normalized spacial score (nSPS) is 14.0. The van der Waals surface area contributed by atoms with Crippen LogP contribution in [-0.4, -0.2) is 12.6 Å². The van der Waals surface area contributed by atoms with Gasteiger partial charge < -0.3 is 10.5 Å². The van der Waals surface area contributed by atoms with Gasteiger partial charge in [0.2, 0.25) is 0 Å². The van der Waals surface area contributed by atoms with Gasteiger partial charge in [0.1, 0.15) is 5.60 Å². The Bertz CT molecular complexity index is 1130. The topological polar surface area (TPSA) is 35.2 Å². The van der Waals surface area contributed by atoms with E-state index in [1.165, 1.54) is 11.1 Å². The molecule has 0 aliphatic carbocycles. The molecule has 0 saturated carbocycles. The second-order valence-electron chi connectivity index (χ2n) is 8.15. The number of hydrogen-bond donors (Lipinski definition) is 1. The van der Waals surface area contributed by atoms with E-state index >= 15 is 0 Å². The summed E-state index contributed by atoms with van der Waals surface area (Å²) in [5.74, 6) is 0. The summed E-state index contributed by atoms with van der Waals surface area (Å²) in [5, 5.41) is 0.661. The Balaban J connectivity index is 1.79. The number of nitrogens with two attached hydrogens (primary N) is 1. The molecule has 32 heavy (non-hydrogen) atoms. The molecule has 0 bridgehead atoms. The number of rotatable bonds is 8. The van der Waals surface area contributed by atoms with Crippen molar-refractivity contribution in [2.75, 3.05) is 6.61 Å². The summed E-state index contributed by atoms with van der Waals surface area (Å²) in [6.45, 7) is 2.46. The Morgan fingerprint density at radius 3 is 1.97 bits per heavy atom. The van der Waals surface area contributed by atoms with E-state index in [1.54, 1.807) is 0 Å². The van der Waals surface area contributed by atoms with E-state index in [1.807, 2.05) is 60.7 Å². The number of halogens is 1. The van der Waals surface area contributed by atoms with E-state index < -0.39 is 5.60 Å². The average Bonchev–Trinajstić information content (AvgIpc) is 2.83. The zero-order valence-corrected chi connectivity index (χ0v) is 19.0. The van der Waals surface area contributed by atoms with Crippen LogP contribution in [-0.2, 0) is 16.8 Å². The van der Waals surface area contributed by atoms with Crippen molar-refractivity contribution in [3.05, 3.63) is 142 Å². The first-order chi connectivity index (χ1) is 15.6. The first-order valence-electron chi connectivity index (χ1n) is 10.9. The largest absolute Gasteiger partial charge is 0.359 e. The minimum atomic E-state index is -0.873. The molecule has 4 aromatic rings. The van der Waals surface area contributed by atoms with Gasteiger partial charge in [0, 0.05) is 16.6 Å². The van der Waals surface area contributed by atoms with Gasteiger partial charge in [0.05, 0.1) is 6.61 Å². The summed E-state index contributed by atoms with van der Waals surface area (Å²) >= 11 is 6.77. The lowest BCUT2D eigenvalue weighted by Gasteiger charge is -2.37.